The second-order valence-electron chi connectivity index (χ2n) is 5.59. The van der Waals surface area contributed by atoms with Crippen LogP contribution >= 0.6 is 23.1 Å². The Morgan fingerprint density at radius 1 is 1.33 bits per heavy atom. The number of ether oxygens (including phenoxy) is 1. The van der Waals surface area contributed by atoms with Gasteiger partial charge in [0.25, 0.3) is 5.91 Å². The van der Waals surface area contributed by atoms with E-state index in [0.717, 1.165) is 21.9 Å². The number of aryl methyl sites for hydroxylation is 1. The first-order chi connectivity index (χ1) is 13.1. The summed E-state index contributed by atoms with van der Waals surface area (Å²) in [5.41, 5.74) is 1.17. The molecule has 3 heterocycles. The predicted molar refractivity (Wildman–Crippen MR) is 107 cm³/mol. The number of nitrogens with one attached hydrogen (secondary N) is 2. The highest BCUT2D eigenvalue weighted by Gasteiger charge is 2.13. The number of carbonyl (C=O) groups is 1. The van der Waals surface area contributed by atoms with Crippen LogP contribution in [0.2, 0.25) is 0 Å². The lowest BCUT2D eigenvalue weighted by atomic mass is 10.4. The molecule has 0 spiro atoms. The van der Waals surface area contributed by atoms with Crippen molar-refractivity contribution in [1.29, 1.82) is 0 Å². The Balaban J connectivity index is 1.71. The molecule has 9 nitrogen and oxygen atoms in total. The van der Waals surface area contributed by atoms with Gasteiger partial charge in [-0.3, -0.25) is 4.79 Å². The zero-order valence-electron chi connectivity index (χ0n) is 15.4. The molecular weight excluding hydrogens is 386 g/mol. The fourth-order valence-corrected chi connectivity index (χ4v) is 3.38. The van der Waals surface area contributed by atoms with Gasteiger partial charge in [-0.1, -0.05) is 11.8 Å². The molecule has 3 aromatic rings. The molecule has 0 aliphatic rings. The van der Waals surface area contributed by atoms with Gasteiger partial charge in [-0.25, -0.2) is 19.6 Å². The fourth-order valence-electron chi connectivity index (χ4n) is 2.43. The monoisotopic (exact) mass is 407 g/mol. The third-order valence-electron chi connectivity index (χ3n) is 3.72. The minimum absolute atomic E-state index is 0.183. The van der Waals surface area contributed by atoms with Crippen molar-refractivity contribution in [2.45, 2.75) is 18.6 Å². The molecule has 1 amide bonds. The van der Waals surface area contributed by atoms with Crippen molar-refractivity contribution < 1.29 is 9.53 Å². The van der Waals surface area contributed by atoms with E-state index in [1.807, 2.05) is 13.2 Å². The maximum atomic E-state index is 12.1. The van der Waals surface area contributed by atoms with Gasteiger partial charge in [-0.15, -0.1) is 11.3 Å². The summed E-state index contributed by atoms with van der Waals surface area (Å²) in [6.45, 7) is 4.03. The summed E-state index contributed by atoms with van der Waals surface area (Å²) >= 11 is 2.92. The molecule has 144 valence electrons. The Kier molecular flexibility index (Phi) is 6.58. The highest BCUT2D eigenvalue weighted by molar-refractivity contribution is 7.98. The first-order valence-electron chi connectivity index (χ1n) is 8.33. The third kappa shape index (κ3) is 4.73. The summed E-state index contributed by atoms with van der Waals surface area (Å²) < 4.78 is 6.84. The van der Waals surface area contributed by atoms with Gasteiger partial charge in [0.05, 0.1) is 29.7 Å². The molecule has 2 N–H and O–H groups in total. The van der Waals surface area contributed by atoms with Crippen LogP contribution in [-0.2, 0) is 11.3 Å². The van der Waals surface area contributed by atoms with Crippen molar-refractivity contribution >= 4 is 45.9 Å². The second kappa shape index (κ2) is 9.11. The van der Waals surface area contributed by atoms with Crippen LogP contribution in [0.3, 0.4) is 0 Å². The van der Waals surface area contributed by atoms with Crippen LogP contribution in [0.4, 0.5) is 5.82 Å². The summed E-state index contributed by atoms with van der Waals surface area (Å²) in [5.74, 6) is 0.548. The lowest BCUT2D eigenvalue weighted by Crippen LogP contribution is -2.27. The average molecular weight is 408 g/mol. The highest BCUT2D eigenvalue weighted by atomic mass is 32.2. The van der Waals surface area contributed by atoms with Crippen molar-refractivity contribution in [1.82, 2.24) is 30.0 Å². The number of methoxy groups -OCH3 is 1. The van der Waals surface area contributed by atoms with Crippen molar-refractivity contribution in [3.05, 3.63) is 22.3 Å². The molecule has 3 aromatic heterocycles. The van der Waals surface area contributed by atoms with Gasteiger partial charge in [-0.2, -0.15) is 5.10 Å². The quantitative estimate of drug-likeness (QED) is 0.314. The molecule has 11 heteroatoms. The summed E-state index contributed by atoms with van der Waals surface area (Å²) in [6.07, 6.45) is 3.66. The number of thioether (sulfide) groups is 1. The zero-order chi connectivity index (χ0) is 19.2. The van der Waals surface area contributed by atoms with Crippen LogP contribution in [0, 0.1) is 6.92 Å². The molecular formula is C16H21N7O2S2. The maximum absolute atomic E-state index is 12.1. The van der Waals surface area contributed by atoms with E-state index in [2.05, 4.69) is 30.7 Å². The van der Waals surface area contributed by atoms with E-state index in [4.69, 9.17) is 4.74 Å². The van der Waals surface area contributed by atoms with Crippen LogP contribution in [0.5, 0.6) is 0 Å². The number of nitrogens with zero attached hydrogens (tertiary/aromatic N) is 5. The van der Waals surface area contributed by atoms with Gasteiger partial charge in [-0.05, 0) is 13.2 Å². The van der Waals surface area contributed by atoms with Crippen LogP contribution in [0.1, 0.15) is 15.5 Å². The number of carbonyl (C=O) groups excluding carboxylic acids is 1. The molecule has 0 saturated heterocycles. The second-order valence-corrected chi connectivity index (χ2v) is 7.43. The van der Waals surface area contributed by atoms with E-state index in [1.165, 1.54) is 23.1 Å². The smallest absolute Gasteiger partial charge is 0.270 e. The summed E-state index contributed by atoms with van der Waals surface area (Å²) in [7, 11) is 1.66. The van der Waals surface area contributed by atoms with Gasteiger partial charge in [0.1, 0.15) is 11.5 Å². The standard InChI is InChI=1S/C16H21N7O2S2/c1-10-20-12(9-27-10)15(24)18-4-6-23-14-11(8-19-23)13(17-5-7-25-2)21-16(22-14)26-3/h8-9H,4-7H2,1-3H3,(H,18,24)(H,17,21,22). The number of fused-ring (bicyclic) bond motifs is 1. The first-order valence-corrected chi connectivity index (χ1v) is 10.4. The molecule has 0 unspecified atom stereocenters. The minimum atomic E-state index is -0.183. The summed E-state index contributed by atoms with van der Waals surface area (Å²) in [5, 5.41) is 14.6. The Morgan fingerprint density at radius 2 is 2.19 bits per heavy atom. The first kappa shape index (κ1) is 19.5. The fraction of sp³-hybridized carbons (Fsp3) is 0.438. The lowest BCUT2D eigenvalue weighted by Gasteiger charge is -2.09. The van der Waals surface area contributed by atoms with Gasteiger partial charge in [0.2, 0.25) is 0 Å². The number of hydrogen-bond donors (Lipinski definition) is 2. The van der Waals surface area contributed by atoms with Crippen LogP contribution < -0.4 is 10.6 Å². The van der Waals surface area contributed by atoms with Crippen molar-refractivity contribution in [2.75, 3.05) is 38.4 Å². The van der Waals surface area contributed by atoms with E-state index in [-0.39, 0.29) is 5.91 Å². The molecule has 0 aliphatic carbocycles. The molecule has 0 saturated carbocycles. The van der Waals surface area contributed by atoms with E-state index in [9.17, 15) is 4.79 Å². The Hall–Kier alpha value is -2.24. The van der Waals surface area contributed by atoms with E-state index >= 15 is 0 Å². The Labute approximate surface area is 164 Å². The molecule has 0 radical (unpaired) electrons. The molecule has 0 aliphatic heterocycles. The van der Waals surface area contributed by atoms with E-state index in [0.29, 0.717) is 37.1 Å². The average Bonchev–Trinajstić information content (AvgIpc) is 3.28. The molecule has 0 fully saturated rings. The number of aromatic nitrogens is 5. The summed E-state index contributed by atoms with van der Waals surface area (Å²) in [4.78, 5) is 25.4. The maximum Gasteiger partial charge on any atom is 0.270 e. The van der Waals surface area contributed by atoms with Crippen molar-refractivity contribution in [2.24, 2.45) is 0 Å². The van der Waals surface area contributed by atoms with Crippen molar-refractivity contribution in [3.8, 4) is 0 Å². The highest BCUT2D eigenvalue weighted by Crippen LogP contribution is 2.23. The number of amides is 1. The predicted octanol–water partition coefficient (Wildman–Crippen LogP) is 1.80. The SMILES string of the molecule is COCCNc1nc(SC)nc2c1cnn2CCNC(=O)c1csc(C)n1. The molecule has 0 bridgehead atoms. The lowest BCUT2D eigenvalue weighted by molar-refractivity contribution is 0.0947. The van der Waals surface area contributed by atoms with Gasteiger partial charge < -0.3 is 15.4 Å². The topological polar surface area (TPSA) is 107 Å². The van der Waals surface area contributed by atoms with E-state index < -0.39 is 0 Å². The van der Waals surface area contributed by atoms with Gasteiger partial charge >= 0.3 is 0 Å². The van der Waals surface area contributed by atoms with Crippen LogP contribution in [0.15, 0.2) is 16.7 Å². The third-order valence-corrected chi connectivity index (χ3v) is 5.04. The molecule has 3 rings (SSSR count). The molecule has 0 aromatic carbocycles. The number of hydrogen-bond acceptors (Lipinski definition) is 9. The van der Waals surface area contributed by atoms with Crippen molar-refractivity contribution in [3.63, 3.8) is 0 Å². The normalized spacial score (nSPS) is 11.1. The van der Waals surface area contributed by atoms with Crippen LogP contribution in [-0.4, -0.2) is 63.7 Å². The minimum Gasteiger partial charge on any atom is -0.383 e. The summed E-state index contributed by atoms with van der Waals surface area (Å²) in [6, 6.07) is 0. The van der Waals surface area contributed by atoms with E-state index in [1.54, 1.807) is 23.4 Å². The Morgan fingerprint density at radius 3 is 2.89 bits per heavy atom. The van der Waals surface area contributed by atoms with Crippen LogP contribution in [0.25, 0.3) is 11.0 Å². The number of thiazole rings is 1. The van der Waals surface area contributed by atoms with Gasteiger partial charge in [0, 0.05) is 25.6 Å². The number of anilines is 1. The Bertz CT molecular complexity index is 925. The largest absolute Gasteiger partial charge is 0.383 e. The number of rotatable bonds is 9. The molecule has 0 atom stereocenters. The van der Waals surface area contributed by atoms with Gasteiger partial charge in [0.15, 0.2) is 10.8 Å². The molecule has 27 heavy (non-hydrogen) atoms. The zero-order valence-corrected chi connectivity index (χ0v) is 17.0.